The number of nitrogens with zero attached hydrogens (tertiary/aromatic N) is 1. The zero-order chi connectivity index (χ0) is 12.8. The van der Waals surface area contributed by atoms with Crippen molar-refractivity contribution in [2.45, 2.75) is 43.9 Å². The van der Waals surface area contributed by atoms with Crippen LogP contribution in [0, 0.1) is 5.92 Å². The van der Waals surface area contributed by atoms with Gasteiger partial charge < -0.3 is 10.0 Å². The summed E-state index contributed by atoms with van der Waals surface area (Å²) in [4.78, 5) is 22.9. The van der Waals surface area contributed by atoms with E-state index in [9.17, 15) is 22.8 Å². The third-order valence-electron chi connectivity index (χ3n) is 3.62. The van der Waals surface area contributed by atoms with Crippen molar-refractivity contribution in [3.63, 3.8) is 0 Å². The molecule has 7 heteroatoms. The number of carbonyl (C=O) groups is 2. The van der Waals surface area contributed by atoms with E-state index in [1.807, 2.05) is 0 Å². The SMILES string of the molecule is O=C(O)C1CCC2CCC1N2C(=O)C(F)(F)F. The number of rotatable bonds is 1. The molecule has 0 aromatic carbocycles. The number of amides is 1. The van der Waals surface area contributed by atoms with Crippen LogP contribution < -0.4 is 0 Å². The molecule has 0 aromatic rings. The van der Waals surface area contributed by atoms with Crippen LogP contribution in [-0.2, 0) is 9.59 Å². The predicted octanol–water partition coefficient (Wildman–Crippen LogP) is 1.40. The Balaban J connectivity index is 2.23. The van der Waals surface area contributed by atoms with Crippen molar-refractivity contribution in [2.75, 3.05) is 0 Å². The van der Waals surface area contributed by atoms with Crippen molar-refractivity contribution in [1.29, 1.82) is 0 Å². The van der Waals surface area contributed by atoms with Gasteiger partial charge in [0.1, 0.15) is 0 Å². The van der Waals surface area contributed by atoms with Crippen LogP contribution in [-0.4, -0.2) is 40.1 Å². The summed E-state index contributed by atoms with van der Waals surface area (Å²) in [7, 11) is 0. The molecule has 0 spiro atoms. The Morgan fingerprint density at radius 1 is 1.12 bits per heavy atom. The molecule has 1 N–H and O–H groups in total. The number of fused-ring (bicyclic) bond motifs is 2. The lowest BCUT2D eigenvalue weighted by Crippen LogP contribution is -2.54. The average molecular weight is 251 g/mol. The average Bonchev–Trinajstić information content (AvgIpc) is 2.48. The Bertz CT molecular complexity index is 355. The summed E-state index contributed by atoms with van der Waals surface area (Å²) in [5.41, 5.74) is 0. The molecule has 2 aliphatic heterocycles. The van der Waals surface area contributed by atoms with E-state index < -0.39 is 36.1 Å². The third kappa shape index (κ3) is 1.98. The Morgan fingerprint density at radius 3 is 2.24 bits per heavy atom. The van der Waals surface area contributed by atoms with Crippen LogP contribution in [0.25, 0.3) is 0 Å². The highest BCUT2D eigenvalue weighted by atomic mass is 19.4. The molecule has 1 amide bonds. The molecule has 2 aliphatic rings. The van der Waals surface area contributed by atoms with E-state index >= 15 is 0 Å². The molecular formula is C10H12F3NO3. The molecule has 0 aliphatic carbocycles. The van der Waals surface area contributed by atoms with Crippen LogP contribution in [0.5, 0.6) is 0 Å². The number of hydrogen-bond acceptors (Lipinski definition) is 2. The Hall–Kier alpha value is -1.27. The minimum Gasteiger partial charge on any atom is -0.481 e. The van der Waals surface area contributed by atoms with Gasteiger partial charge in [0.25, 0.3) is 0 Å². The first-order valence-corrected chi connectivity index (χ1v) is 5.44. The number of aliphatic carboxylic acids is 1. The fourth-order valence-corrected chi connectivity index (χ4v) is 2.91. The van der Waals surface area contributed by atoms with Gasteiger partial charge in [0.05, 0.1) is 5.92 Å². The smallest absolute Gasteiger partial charge is 0.471 e. The molecule has 0 saturated carbocycles. The van der Waals surface area contributed by atoms with Gasteiger partial charge in [0.15, 0.2) is 0 Å². The second-order valence-corrected chi connectivity index (χ2v) is 4.53. The lowest BCUT2D eigenvalue weighted by atomic mass is 9.90. The van der Waals surface area contributed by atoms with E-state index in [0.717, 1.165) is 4.90 Å². The first kappa shape index (κ1) is 12.2. The molecule has 3 atom stereocenters. The quantitative estimate of drug-likeness (QED) is 0.766. The molecule has 0 aromatic heterocycles. The Morgan fingerprint density at radius 2 is 1.71 bits per heavy atom. The second-order valence-electron chi connectivity index (χ2n) is 4.53. The summed E-state index contributed by atoms with van der Waals surface area (Å²) in [5, 5.41) is 8.94. The number of alkyl halides is 3. The van der Waals surface area contributed by atoms with Crippen molar-refractivity contribution in [3.05, 3.63) is 0 Å². The summed E-state index contributed by atoms with van der Waals surface area (Å²) in [6, 6.07) is -1.23. The highest BCUT2D eigenvalue weighted by molar-refractivity contribution is 5.84. The topological polar surface area (TPSA) is 57.6 Å². The molecule has 2 saturated heterocycles. The number of halogens is 3. The van der Waals surface area contributed by atoms with Gasteiger partial charge in [0.2, 0.25) is 0 Å². The lowest BCUT2D eigenvalue weighted by molar-refractivity contribution is -0.192. The second kappa shape index (κ2) is 3.89. The maximum atomic E-state index is 12.4. The fraction of sp³-hybridized carbons (Fsp3) is 0.800. The van der Waals surface area contributed by atoms with E-state index in [1.54, 1.807) is 0 Å². The standard InChI is InChI=1S/C10H12F3NO3/c11-10(12,13)9(17)14-5-1-3-6(8(15)16)7(14)4-2-5/h5-7H,1-4H2,(H,15,16). The normalized spacial score (nSPS) is 32.6. The number of carbonyl (C=O) groups excluding carboxylic acids is 1. The van der Waals surface area contributed by atoms with E-state index in [0.29, 0.717) is 25.7 Å². The minimum atomic E-state index is -4.92. The van der Waals surface area contributed by atoms with Gasteiger partial charge in [0, 0.05) is 12.1 Å². The highest BCUT2D eigenvalue weighted by Crippen LogP contribution is 2.41. The number of hydrogen-bond donors (Lipinski definition) is 1. The van der Waals surface area contributed by atoms with Crippen molar-refractivity contribution >= 4 is 11.9 Å². The molecule has 2 rings (SSSR count). The van der Waals surface area contributed by atoms with E-state index in [4.69, 9.17) is 5.11 Å². The maximum absolute atomic E-state index is 12.4. The Labute approximate surface area is 95.4 Å². The molecule has 96 valence electrons. The van der Waals surface area contributed by atoms with Gasteiger partial charge in [-0.05, 0) is 25.7 Å². The van der Waals surface area contributed by atoms with Crippen LogP contribution in [0.4, 0.5) is 13.2 Å². The van der Waals surface area contributed by atoms with Crippen LogP contribution in [0.2, 0.25) is 0 Å². The number of carboxylic acid groups (broad SMARTS) is 1. The van der Waals surface area contributed by atoms with Gasteiger partial charge in [-0.25, -0.2) is 0 Å². The van der Waals surface area contributed by atoms with Crippen LogP contribution in [0.3, 0.4) is 0 Å². The minimum absolute atomic E-state index is 0.343. The van der Waals surface area contributed by atoms with Crippen molar-refractivity contribution in [3.8, 4) is 0 Å². The zero-order valence-corrected chi connectivity index (χ0v) is 8.91. The highest BCUT2D eigenvalue weighted by Gasteiger charge is 2.54. The Kier molecular flexibility index (Phi) is 2.79. The number of piperidine rings is 1. The third-order valence-corrected chi connectivity index (χ3v) is 3.62. The molecule has 3 unspecified atom stereocenters. The van der Waals surface area contributed by atoms with Gasteiger partial charge in [-0.15, -0.1) is 0 Å². The van der Waals surface area contributed by atoms with Crippen molar-refractivity contribution < 1.29 is 27.9 Å². The van der Waals surface area contributed by atoms with Crippen LogP contribution in [0.15, 0.2) is 0 Å². The van der Waals surface area contributed by atoms with Crippen LogP contribution >= 0.6 is 0 Å². The predicted molar refractivity (Wildman–Crippen MR) is 50.1 cm³/mol. The summed E-state index contributed by atoms with van der Waals surface area (Å²) in [6.07, 6.45) is -3.40. The molecular weight excluding hydrogens is 239 g/mol. The first-order chi connectivity index (χ1) is 7.82. The van der Waals surface area contributed by atoms with E-state index in [1.165, 1.54) is 0 Å². The lowest BCUT2D eigenvalue weighted by Gasteiger charge is -2.38. The van der Waals surface area contributed by atoms with Crippen LogP contribution in [0.1, 0.15) is 25.7 Å². The first-order valence-electron chi connectivity index (χ1n) is 5.44. The van der Waals surface area contributed by atoms with Gasteiger partial charge in [-0.3, -0.25) is 9.59 Å². The molecule has 17 heavy (non-hydrogen) atoms. The molecule has 4 nitrogen and oxygen atoms in total. The summed E-state index contributed by atoms with van der Waals surface area (Å²) < 4.78 is 37.2. The maximum Gasteiger partial charge on any atom is 0.471 e. The molecule has 2 bridgehead atoms. The van der Waals surface area contributed by atoms with Crippen molar-refractivity contribution in [2.24, 2.45) is 5.92 Å². The summed E-state index contributed by atoms with van der Waals surface area (Å²) in [5.74, 6) is -3.87. The molecule has 2 heterocycles. The largest absolute Gasteiger partial charge is 0.481 e. The van der Waals surface area contributed by atoms with Gasteiger partial charge >= 0.3 is 18.1 Å². The fourth-order valence-electron chi connectivity index (χ4n) is 2.91. The monoisotopic (exact) mass is 251 g/mol. The zero-order valence-electron chi connectivity index (χ0n) is 8.91. The van der Waals surface area contributed by atoms with Gasteiger partial charge in [-0.2, -0.15) is 13.2 Å². The van der Waals surface area contributed by atoms with E-state index in [2.05, 4.69) is 0 Å². The number of carboxylic acids is 1. The molecule has 2 fully saturated rings. The molecule has 0 radical (unpaired) electrons. The van der Waals surface area contributed by atoms with Gasteiger partial charge in [-0.1, -0.05) is 0 Å². The van der Waals surface area contributed by atoms with E-state index in [-0.39, 0.29) is 0 Å². The summed E-state index contributed by atoms with van der Waals surface area (Å²) >= 11 is 0. The summed E-state index contributed by atoms with van der Waals surface area (Å²) in [6.45, 7) is 0. The van der Waals surface area contributed by atoms with Crippen molar-refractivity contribution in [1.82, 2.24) is 4.90 Å².